The number of benzene rings is 1. The molecule has 0 aliphatic heterocycles. The lowest BCUT2D eigenvalue weighted by Gasteiger charge is -1.99. The van der Waals surface area contributed by atoms with Crippen LogP contribution in [0.5, 0.6) is 0 Å². The standard InChI is InChI=1S/C11H11F2N3O/c1-6(5-14)10-15-11(17-16-10)7-2-3-8(12)9(13)4-7/h2-4,6H,5,14H2,1H3. The van der Waals surface area contributed by atoms with Gasteiger partial charge in [0.25, 0.3) is 5.89 Å². The van der Waals surface area contributed by atoms with E-state index in [1.165, 1.54) is 6.07 Å². The highest BCUT2D eigenvalue weighted by atomic mass is 19.2. The normalized spacial score (nSPS) is 12.7. The number of rotatable bonds is 3. The van der Waals surface area contributed by atoms with Crippen LogP contribution in [0.25, 0.3) is 11.5 Å². The Morgan fingerprint density at radius 1 is 1.35 bits per heavy atom. The van der Waals surface area contributed by atoms with E-state index >= 15 is 0 Å². The van der Waals surface area contributed by atoms with Crippen molar-refractivity contribution in [2.24, 2.45) is 5.73 Å². The molecule has 1 aromatic carbocycles. The Hall–Kier alpha value is -1.82. The molecular weight excluding hydrogens is 228 g/mol. The molecule has 1 aromatic heterocycles. The summed E-state index contributed by atoms with van der Waals surface area (Å²) < 4.78 is 30.7. The van der Waals surface area contributed by atoms with Gasteiger partial charge < -0.3 is 10.3 Å². The minimum Gasteiger partial charge on any atom is -0.334 e. The van der Waals surface area contributed by atoms with Gasteiger partial charge >= 0.3 is 0 Å². The Kier molecular flexibility index (Phi) is 3.14. The lowest BCUT2D eigenvalue weighted by atomic mass is 10.2. The van der Waals surface area contributed by atoms with Crippen molar-refractivity contribution in [2.75, 3.05) is 6.54 Å². The number of nitrogens with zero attached hydrogens (tertiary/aromatic N) is 2. The number of halogens is 2. The molecule has 0 bridgehead atoms. The minimum absolute atomic E-state index is 0.0437. The zero-order valence-corrected chi connectivity index (χ0v) is 9.15. The van der Waals surface area contributed by atoms with Crippen molar-refractivity contribution in [3.05, 3.63) is 35.7 Å². The van der Waals surface area contributed by atoms with Crippen molar-refractivity contribution in [3.63, 3.8) is 0 Å². The molecule has 0 aliphatic rings. The van der Waals surface area contributed by atoms with Crippen LogP contribution in [-0.2, 0) is 0 Å². The smallest absolute Gasteiger partial charge is 0.258 e. The second kappa shape index (κ2) is 4.58. The molecule has 6 heteroatoms. The lowest BCUT2D eigenvalue weighted by molar-refractivity contribution is 0.417. The van der Waals surface area contributed by atoms with Gasteiger partial charge in [0.15, 0.2) is 17.5 Å². The molecule has 0 spiro atoms. The highest BCUT2D eigenvalue weighted by Gasteiger charge is 2.14. The molecule has 4 nitrogen and oxygen atoms in total. The van der Waals surface area contributed by atoms with E-state index < -0.39 is 11.6 Å². The zero-order chi connectivity index (χ0) is 12.4. The fourth-order valence-corrected chi connectivity index (χ4v) is 1.29. The molecule has 1 heterocycles. The largest absolute Gasteiger partial charge is 0.334 e. The van der Waals surface area contributed by atoms with Crippen LogP contribution in [0.4, 0.5) is 8.78 Å². The maximum Gasteiger partial charge on any atom is 0.258 e. The van der Waals surface area contributed by atoms with Gasteiger partial charge in [-0.15, -0.1) is 0 Å². The molecule has 0 fully saturated rings. The molecule has 0 aliphatic carbocycles. The topological polar surface area (TPSA) is 64.9 Å². The highest BCUT2D eigenvalue weighted by Crippen LogP contribution is 2.21. The van der Waals surface area contributed by atoms with Gasteiger partial charge in [-0.05, 0) is 18.2 Å². The fraction of sp³-hybridized carbons (Fsp3) is 0.273. The lowest BCUT2D eigenvalue weighted by Crippen LogP contribution is -2.10. The van der Waals surface area contributed by atoms with E-state index in [0.29, 0.717) is 17.9 Å². The molecule has 0 saturated heterocycles. The van der Waals surface area contributed by atoms with Crippen molar-refractivity contribution in [1.82, 2.24) is 10.1 Å². The molecular formula is C11H11F2N3O. The summed E-state index contributed by atoms with van der Waals surface area (Å²) in [5, 5.41) is 3.73. The predicted molar refractivity (Wildman–Crippen MR) is 57.1 cm³/mol. The van der Waals surface area contributed by atoms with Crippen molar-refractivity contribution < 1.29 is 13.3 Å². The van der Waals surface area contributed by atoms with E-state index in [1.807, 2.05) is 6.92 Å². The van der Waals surface area contributed by atoms with E-state index in [-0.39, 0.29) is 11.8 Å². The Morgan fingerprint density at radius 3 is 2.76 bits per heavy atom. The van der Waals surface area contributed by atoms with Gasteiger partial charge in [-0.3, -0.25) is 0 Å². The van der Waals surface area contributed by atoms with E-state index in [1.54, 1.807) is 0 Å². The molecule has 2 aromatic rings. The van der Waals surface area contributed by atoms with Crippen LogP contribution in [0.1, 0.15) is 18.7 Å². The molecule has 90 valence electrons. The number of hydrogen-bond acceptors (Lipinski definition) is 4. The highest BCUT2D eigenvalue weighted by molar-refractivity contribution is 5.52. The van der Waals surface area contributed by atoms with E-state index in [2.05, 4.69) is 10.1 Å². The van der Waals surface area contributed by atoms with Gasteiger partial charge in [-0.25, -0.2) is 8.78 Å². The van der Waals surface area contributed by atoms with Crippen LogP contribution in [0.3, 0.4) is 0 Å². The van der Waals surface area contributed by atoms with E-state index in [9.17, 15) is 8.78 Å². The third kappa shape index (κ3) is 2.31. The van der Waals surface area contributed by atoms with Gasteiger partial charge in [0.05, 0.1) is 0 Å². The van der Waals surface area contributed by atoms with Gasteiger partial charge in [0.2, 0.25) is 0 Å². The minimum atomic E-state index is -0.950. The maximum atomic E-state index is 13.0. The molecule has 1 atom stereocenters. The second-order valence-corrected chi connectivity index (χ2v) is 3.72. The summed E-state index contributed by atoms with van der Waals surface area (Å²) in [6, 6.07) is 3.41. The summed E-state index contributed by atoms with van der Waals surface area (Å²) in [5.74, 6) is -1.30. The molecule has 0 saturated carbocycles. The quantitative estimate of drug-likeness (QED) is 0.890. The van der Waals surface area contributed by atoms with Gasteiger partial charge in [0.1, 0.15) is 0 Å². The fourth-order valence-electron chi connectivity index (χ4n) is 1.29. The van der Waals surface area contributed by atoms with Crippen LogP contribution in [0.2, 0.25) is 0 Å². The summed E-state index contributed by atoms with van der Waals surface area (Å²) in [5.41, 5.74) is 5.80. The first-order valence-electron chi connectivity index (χ1n) is 5.11. The van der Waals surface area contributed by atoms with Crippen molar-refractivity contribution >= 4 is 0 Å². The Balaban J connectivity index is 2.33. The predicted octanol–water partition coefficient (Wildman–Crippen LogP) is 2.08. The third-order valence-corrected chi connectivity index (χ3v) is 2.40. The Labute approximate surface area is 96.4 Å². The first kappa shape index (κ1) is 11.7. The SMILES string of the molecule is CC(CN)c1noc(-c2ccc(F)c(F)c2)n1. The molecule has 17 heavy (non-hydrogen) atoms. The Bertz CT molecular complexity index is 527. The van der Waals surface area contributed by atoms with Crippen molar-refractivity contribution in [1.29, 1.82) is 0 Å². The van der Waals surface area contributed by atoms with E-state index in [4.69, 9.17) is 10.3 Å². The number of aromatic nitrogens is 2. The number of nitrogens with two attached hydrogens (primary N) is 1. The Morgan fingerprint density at radius 2 is 2.12 bits per heavy atom. The maximum absolute atomic E-state index is 13.0. The molecule has 2 rings (SSSR count). The van der Waals surface area contributed by atoms with Crippen LogP contribution in [0.15, 0.2) is 22.7 Å². The van der Waals surface area contributed by atoms with Crippen LogP contribution >= 0.6 is 0 Å². The van der Waals surface area contributed by atoms with Crippen molar-refractivity contribution in [2.45, 2.75) is 12.8 Å². The summed E-state index contributed by atoms with van der Waals surface area (Å²) in [7, 11) is 0. The second-order valence-electron chi connectivity index (χ2n) is 3.72. The van der Waals surface area contributed by atoms with Crippen LogP contribution in [-0.4, -0.2) is 16.7 Å². The molecule has 0 amide bonds. The first-order chi connectivity index (χ1) is 8.11. The average molecular weight is 239 g/mol. The zero-order valence-electron chi connectivity index (χ0n) is 9.15. The van der Waals surface area contributed by atoms with Gasteiger partial charge in [0, 0.05) is 18.0 Å². The molecule has 2 N–H and O–H groups in total. The first-order valence-corrected chi connectivity index (χ1v) is 5.11. The summed E-state index contributed by atoms with van der Waals surface area (Å²) >= 11 is 0. The molecule has 1 unspecified atom stereocenters. The monoisotopic (exact) mass is 239 g/mol. The molecule has 0 radical (unpaired) electrons. The van der Waals surface area contributed by atoms with Gasteiger partial charge in [-0.2, -0.15) is 4.98 Å². The average Bonchev–Trinajstić information content (AvgIpc) is 2.81. The van der Waals surface area contributed by atoms with Crippen molar-refractivity contribution in [3.8, 4) is 11.5 Å². The van der Waals surface area contributed by atoms with Crippen LogP contribution < -0.4 is 5.73 Å². The van der Waals surface area contributed by atoms with Crippen LogP contribution in [0, 0.1) is 11.6 Å². The van der Waals surface area contributed by atoms with E-state index in [0.717, 1.165) is 12.1 Å². The summed E-state index contributed by atoms with van der Waals surface area (Å²) in [6.07, 6.45) is 0. The number of hydrogen-bond donors (Lipinski definition) is 1. The summed E-state index contributed by atoms with van der Waals surface area (Å²) in [6.45, 7) is 2.23. The van der Waals surface area contributed by atoms with Gasteiger partial charge in [-0.1, -0.05) is 12.1 Å². The summed E-state index contributed by atoms with van der Waals surface area (Å²) in [4.78, 5) is 4.08. The third-order valence-electron chi connectivity index (χ3n) is 2.40.